The third-order valence-corrected chi connectivity index (χ3v) is 5.41. The summed E-state index contributed by atoms with van der Waals surface area (Å²) < 4.78 is 0.990. The largest absolute Gasteiger partial charge is 0.504 e. The fourth-order valence-electron chi connectivity index (χ4n) is 3.48. The van der Waals surface area contributed by atoms with Crippen LogP contribution in [0, 0.1) is 0 Å². The van der Waals surface area contributed by atoms with E-state index >= 15 is 0 Å². The molecular formula is C23H16BrN3O2. The highest BCUT2D eigenvalue weighted by Gasteiger charge is 2.18. The van der Waals surface area contributed by atoms with E-state index in [1.165, 1.54) is 12.1 Å². The fraction of sp³-hybridized carbons (Fsp3) is 0. The molecular weight excluding hydrogens is 430 g/mol. The second-order valence-electron chi connectivity index (χ2n) is 6.77. The third kappa shape index (κ3) is 3.07. The van der Waals surface area contributed by atoms with E-state index in [0.717, 1.165) is 38.0 Å². The zero-order valence-corrected chi connectivity index (χ0v) is 16.7. The summed E-state index contributed by atoms with van der Waals surface area (Å²) in [5, 5.41) is 20.7. The van der Waals surface area contributed by atoms with Crippen LogP contribution in [0.1, 0.15) is 0 Å². The van der Waals surface area contributed by atoms with Gasteiger partial charge >= 0.3 is 0 Å². The van der Waals surface area contributed by atoms with Crippen LogP contribution in [0.5, 0.6) is 11.5 Å². The monoisotopic (exact) mass is 445 g/mol. The second-order valence-corrected chi connectivity index (χ2v) is 7.69. The van der Waals surface area contributed by atoms with Crippen molar-refractivity contribution in [1.29, 1.82) is 0 Å². The topological polar surface area (TPSA) is 84.9 Å². The number of aromatic nitrogens is 3. The SMILES string of the molecule is Oc1ccc(-c2nc(-c3c[nH]c4ccc(Br)cc34)[nH]c2-c2ccccc2)cc1O. The van der Waals surface area contributed by atoms with Crippen LogP contribution in [0.3, 0.4) is 0 Å². The summed E-state index contributed by atoms with van der Waals surface area (Å²) in [6.07, 6.45) is 1.93. The van der Waals surface area contributed by atoms with Gasteiger partial charge in [-0.15, -0.1) is 0 Å². The van der Waals surface area contributed by atoms with E-state index in [1.54, 1.807) is 6.07 Å². The normalized spacial score (nSPS) is 11.2. The highest BCUT2D eigenvalue weighted by molar-refractivity contribution is 9.10. The van der Waals surface area contributed by atoms with Gasteiger partial charge in [0.25, 0.3) is 0 Å². The summed E-state index contributed by atoms with van der Waals surface area (Å²) in [7, 11) is 0. The molecule has 0 unspecified atom stereocenters. The second kappa shape index (κ2) is 6.83. The number of aromatic amines is 2. The van der Waals surface area contributed by atoms with E-state index in [4.69, 9.17) is 4.98 Å². The molecule has 6 heteroatoms. The Balaban J connectivity index is 1.74. The molecule has 0 aliphatic heterocycles. The third-order valence-electron chi connectivity index (χ3n) is 4.91. The Hall–Kier alpha value is -3.51. The minimum atomic E-state index is -0.179. The van der Waals surface area contributed by atoms with Crippen LogP contribution in [0.15, 0.2) is 77.4 Å². The molecule has 0 atom stereocenters. The number of phenolic OH excluding ortho intramolecular Hbond substituents is 2. The van der Waals surface area contributed by atoms with Crippen LogP contribution >= 0.6 is 15.9 Å². The van der Waals surface area contributed by atoms with Crippen molar-refractivity contribution < 1.29 is 10.2 Å². The van der Waals surface area contributed by atoms with Crippen molar-refractivity contribution in [1.82, 2.24) is 15.0 Å². The van der Waals surface area contributed by atoms with E-state index in [1.807, 2.05) is 48.7 Å². The van der Waals surface area contributed by atoms with Gasteiger partial charge in [-0.2, -0.15) is 0 Å². The first-order chi connectivity index (χ1) is 14.1. The molecule has 3 aromatic carbocycles. The van der Waals surface area contributed by atoms with Crippen LogP contribution in [0.4, 0.5) is 0 Å². The van der Waals surface area contributed by atoms with Crippen molar-refractivity contribution in [2.24, 2.45) is 0 Å². The summed E-state index contributed by atoms with van der Waals surface area (Å²) in [5.41, 5.74) is 5.20. The van der Waals surface area contributed by atoms with Gasteiger partial charge in [0, 0.05) is 38.3 Å². The maximum Gasteiger partial charge on any atom is 0.158 e. The first-order valence-electron chi connectivity index (χ1n) is 9.05. The number of hydrogen-bond donors (Lipinski definition) is 4. The van der Waals surface area contributed by atoms with Crippen molar-refractivity contribution in [2.75, 3.05) is 0 Å². The first kappa shape index (κ1) is 17.6. The lowest BCUT2D eigenvalue weighted by molar-refractivity contribution is 0.404. The summed E-state index contributed by atoms with van der Waals surface area (Å²) in [6.45, 7) is 0. The number of nitrogens with one attached hydrogen (secondary N) is 2. The first-order valence-corrected chi connectivity index (χ1v) is 9.84. The van der Waals surface area contributed by atoms with E-state index in [9.17, 15) is 10.2 Å². The quantitative estimate of drug-likeness (QED) is 0.254. The van der Waals surface area contributed by atoms with Gasteiger partial charge < -0.3 is 20.2 Å². The lowest BCUT2D eigenvalue weighted by Crippen LogP contribution is -1.84. The molecule has 0 amide bonds. The highest BCUT2D eigenvalue weighted by atomic mass is 79.9. The molecule has 0 bridgehead atoms. The van der Waals surface area contributed by atoms with Crippen molar-refractivity contribution in [3.8, 4) is 45.4 Å². The smallest absolute Gasteiger partial charge is 0.158 e. The molecule has 5 aromatic rings. The molecule has 0 aliphatic carbocycles. The number of nitrogens with zero attached hydrogens (tertiary/aromatic N) is 1. The lowest BCUT2D eigenvalue weighted by Gasteiger charge is -2.04. The van der Waals surface area contributed by atoms with E-state index in [2.05, 4.69) is 32.0 Å². The highest BCUT2D eigenvalue weighted by Crippen LogP contribution is 2.38. The number of imidazole rings is 1. The molecule has 0 spiro atoms. The molecule has 2 aromatic heterocycles. The van der Waals surface area contributed by atoms with Crippen LogP contribution in [-0.2, 0) is 0 Å². The minimum Gasteiger partial charge on any atom is -0.504 e. The van der Waals surface area contributed by atoms with Gasteiger partial charge in [0.2, 0.25) is 0 Å². The molecule has 29 heavy (non-hydrogen) atoms. The Labute approximate surface area is 174 Å². The summed E-state index contributed by atoms with van der Waals surface area (Å²) in [5.74, 6) is 0.380. The Morgan fingerprint density at radius 2 is 1.66 bits per heavy atom. The van der Waals surface area contributed by atoms with Crippen LogP contribution in [-0.4, -0.2) is 25.2 Å². The zero-order valence-electron chi connectivity index (χ0n) is 15.1. The van der Waals surface area contributed by atoms with Crippen LogP contribution < -0.4 is 0 Å². The molecule has 0 radical (unpaired) electrons. The Morgan fingerprint density at radius 1 is 0.828 bits per heavy atom. The number of halogens is 1. The fourth-order valence-corrected chi connectivity index (χ4v) is 3.84. The van der Waals surface area contributed by atoms with E-state index in [0.29, 0.717) is 11.3 Å². The van der Waals surface area contributed by atoms with Gasteiger partial charge in [0.15, 0.2) is 11.5 Å². The van der Waals surface area contributed by atoms with Crippen molar-refractivity contribution in [3.63, 3.8) is 0 Å². The Morgan fingerprint density at radius 3 is 2.45 bits per heavy atom. The maximum atomic E-state index is 9.99. The number of phenols is 2. The standard InChI is InChI=1S/C23H16BrN3O2/c24-15-7-8-18-16(11-15)17(12-25-18)23-26-21(13-4-2-1-3-5-13)22(27-23)14-6-9-19(28)20(29)10-14/h1-12,25,28-29H,(H,26,27). The average molecular weight is 446 g/mol. The lowest BCUT2D eigenvalue weighted by atomic mass is 10.0. The minimum absolute atomic E-state index is 0.160. The van der Waals surface area contributed by atoms with E-state index in [-0.39, 0.29) is 11.5 Å². The Kier molecular flexibility index (Phi) is 4.14. The molecule has 2 heterocycles. The molecule has 142 valence electrons. The number of rotatable bonds is 3. The van der Waals surface area contributed by atoms with Gasteiger partial charge in [0.1, 0.15) is 5.82 Å². The molecule has 5 nitrogen and oxygen atoms in total. The maximum absolute atomic E-state index is 9.99. The van der Waals surface area contributed by atoms with Gasteiger partial charge in [-0.3, -0.25) is 0 Å². The number of H-pyrrole nitrogens is 2. The molecule has 4 N–H and O–H groups in total. The zero-order chi connectivity index (χ0) is 20.0. The van der Waals surface area contributed by atoms with Gasteiger partial charge in [-0.1, -0.05) is 46.3 Å². The number of aromatic hydroxyl groups is 2. The summed E-state index contributed by atoms with van der Waals surface area (Å²) in [6, 6.07) is 20.7. The van der Waals surface area contributed by atoms with Crippen molar-refractivity contribution >= 4 is 26.8 Å². The summed E-state index contributed by atoms with van der Waals surface area (Å²) in [4.78, 5) is 11.6. The van der Waals surface area contributed by atoms with Crippen molar-refractivity contribution in [2.45, 2.75) is 0 Å². The number of hydrogen-bond acceptors (Lipinski definition) is 3. The molecule has 0 saturated carbocycles. The number of benzene rings is 3. The van der Waals surface area contributed by atoms with Gasteiger partial charge in [0.05, 0.1) is 11.4 Å². The molecule has 5 rings (SSSR count). The predicted octanol–water partition coefficient (Wildman–Crippen LogP) is 6.07. The molecule has 0 saturated heterocycles. The molecule has 0 fully saturated rings. The Bertz CT molecular complexity index is 1340. The number of fused-ring (bicyclic) bond motifs is 1. The molecule has 0 aliphatic rings. The summed E-state index contributed by atoms with van der Waals surface area (Å²) >= 11 is 3.54. The predicted molar refractivity (Wildman–Crippen MR) is 118 cm³/mol. The average Bonchev–Trinajstić information content (AvgIpc) is 3.34. The van der Waals surface area contributed by atoms with Gasteiger partial charge in [-0.25, -0.2) is 4.98 Å². The van der Waals surface area contributed by atoms with Crippen molar-refractivity contribution in [3.05, 3.63) is 77.4 Å². The van der Waals surface area contributed by atoms with E-state index < -0.39 is 0 Å². The van der Waals surface area contributed by atoms with Crippen LogP contribution in [0.25, 0.3) is 44.8 Å². The van der Waals surface area contributed by atoms with Gasteiger partial charge in [-0.05, 0) is 36.4 Å². The van der Waals surface area contributed by atoms with Crippen LogP contribution in [0.2, 0.25) is 0 Å².